The molecular weight excluding hydrogens is 804 g/mol. The number of rotatable bonds is 17. The first-order valence-corrected chi connectivity index (χ1v) is 22.4. The molecule has 59 heavy (non-hydrogen) atoms. The quantitative estimate of drug-likeness (QED) is 0.0460. The lowest BCUT2D eigenvalue weighted by atomic mass is 9.99. The van der Waals surface area contributed by atoms with E-state index in [1.54, 1.807) is 11.8 Å². The Morgan fingerprint density at radius 1 is 0.881 bits per heavy atom. The lowest BCUT2D eigenvalue weighted by Crippen LogP contribution is -2.46. The van der Waals surface area contributed by atoms with Gasteiger partial charge in [-0.1, -0.05) is 80.0 Å². The van der Waals surface area contributed by atoms with Gasteiger partial charge in [-0.15, -0.1) is 11.8 Å². The van der Waals surface area contributed by atoms with Crippen LogP contribution in [0.4, 0.5) is 22.9 Å². The molecule has 1 aromatic heterocycles. The molecule has 306 valence electrons. The van der Waals surface area contributed by atoms with Crippen LogP contribution >= 0.6 is 23.4 Å². The van der Waals surface area contributed by atoms with Gasteiger partial charge in [0.1, 0.15) is 12.0 Å². The number of halogens is 1. The van der Waals surface area contributed by atoms with Crippen molar-refractivity contribution >= 4 is 67.2 Å². The summed E-state index contributed by atoms with van der Waals surface area (Å²) in [5.41, 5.74) is 4.98. The predicted octanol–water partition coefficient (Wildman–Crippen LogP) is 8.94. The maximum atomic E-state index is 13.8. The minimum Gasteiger partial charge on any atom is -0.376 e. The fourth-order valence-corrected chi connectivity index (χ4v) is 9.37. The third-order valence-electron chi connectivity index (χ3n) is 10.2. The van der Waals surface area contributed by atoms with Crippen LogP contribution in [0.15, 0.2) is 131 Å². The van der Waals surface area contributed by atoms with Crippen LogP contribution in [0.2, 0.25) is 5.02 Å². The molecule has 3 N–H and O–H groups in total. The molecule has 2 heterocycles. The first kappa shape index (κ1) is 41.9. The SMILES string of the molecule is CC(C)NCCC(CSc1ccccc1)Nc1ccc(S(=O)(=O)Nc2ncnc3cc(N4CCN(Cc5cc(Cl)ccc5-c5ccccc5)CC4)ccc23)cc1[N+](=O)[O-]. The van der Waals surface area contributed by atoms with Gasteiger partial charge < -0.3 is 15.5 Å². The van der Waals surface area contributed by atoms with Crippen molar-refractivity contribution in [1.82, 2.24) is 20.2 Å². The molecule has 0 saturated carbocycles. The normalized spacial score (nSPS) is 14.1. The van der Waals surface area contributed by atoms with Crippen molar-refractivity contribution in [2.45, 2.75) is 48.7 Å². The molecule has 0 aliphatic carbocycles. The van der Waals surface area contributed by atoms with Gasteiger partial charge in [-0.05, 0) is 84.3 Å². The molecule has 0 amide bonds. The zero-order valence-electron chi connectivity index (χ0n) is 32.9. The van der Waals surface area contributed by atoms with E-state index in [9.17, 15) is 18.5 Å². The number of piperazine rings is 1. The topological polar surface area (TPSA) is 146 Å². The number of sulfonamides is 1. The molecule has 5 aromatic carbocycles. The molecule has 1 aliphatic heterocycles. The minimum absolute atomic E-state index is 0.0858. The highest BCUT2D eigenvalue weighted by Gasteiger charge is 2.25. The van der Waals surface area contributed by atoms with Crippen LogP contribution in [0.5, 0.6) is 0 Å². The van der Waals surface area contributed by atoms with E-state index in [4.69, 9.17) is 11.6 Å². The largest absolute Gasteiger partial charge is 0.376 e. The summed E-state index contributed by atoms with van der Waals surface area (Å²) in [7, 11) is -4.27. The average molecular weight is 851 g/mol. The van der Waals surface area contributed by atoms with Crippen molar-refractivity contribution in [2.75, 3.05) is 53.4 Å². The van der Waals surface area contributed by atoms with E-state index in [1.807, 2.05) is 72.8 Å². The first-order chi connectivity index (χ1) is 28.5. The average Bonchev–Trinajstić information content (AvgIpc) is 3.23. The molecule has 1 unspecified atom stereocenters. The summed E-state index contributed by atoms with van der Waals surface area (Å²) >= 11 is 8.08. The Morgan fingerprint density at radius 2 is 1.63 bits per heavy atom. The van der Waals surface area contributed by atoms with Crippen LogP contribution < -0.4 is 20.3 Å². The number of nitro groups is 1. The summed E-state index contributed by atoms with van der Waals surface area (Å²) in [4.78, 5) is 26.1. The van der Waals surface area contributed by atoms with Gasteiger partial charge in [0.15, 0.2) is 5.82 Å². The standard InChI is InChI=1S/C44H47ClN8O4S2/c1-31(2)46-20-19-35(29-58-37-11-7-4-8-12-37)49-41-18-15-38(27-43(41)53(54)55)59(56,57)50-44-40-17-14-36(26-42(40)47-30-48-44)52-23-21-51(22-24-52)28-33-25-34(45)13-16-39(33)32-9-5-3-6-10-32/h3-18,25-27,30-31,35,46,49H,19-24,28-29H2,1-2H3,(H,47,48,50). The van der Waals surface area contributed by atoms with Crippen molar-refractivity contribution in [3.8, 4) is 11.1 Å². The summed E-state index contributed by atoms with van der Waals surface area (Å²) in [5, 5.41) is 20.3. The number of hydrogen-bond donors (Lipinski definition) is 3. The number of nitro benzene ring substituents is 1. The predicted molar refractivity (Wildman–Crippen MR) is 240 cm³/mol. The van der Waals surface area contributed by atoms with Gasteiger partial charge in [-0.3, -0.25) is 19.7 Å². The lowest BCUT2D eigenvalue weighted by molar-refractivity contribution is -0.384. The highest BCUT2D eigenvalue weighted by Crippen LogP contribution is 2.33. The number of nitrogens with zero attached hydrogens (tertiary/aromatic N) is 5. The number of aromatic nitrogens is 2. The van der Waals surface area contributed by atoms with E-state index in [0.717, 1.165) is 54.9 Å². The van der Waals surface area contributed by atoms with Gasteiger partial charge >= 0.3 is 0 Å². The van der Waals surface area contributed by atoms with Crippen LogP contribution in [-0.2, 0) is 16.6 Å². The van der Waals surface area contributed by atoms with Gasteiger partial charge in [0.05, 0.1) is 15.3 Å². The van der Waals surface area contributed by atoms with Crippen molar-refractivity contribution in [2.24, 2.45) is 0 Å². The summed E-state index contributed by atoms with van der Waals surface area (Å²) in [6, 6.07) is 36.1. The highest BCUT2D eigenvalue weighted by molar-refractivity contribution is 7.99. The van der Waals surface area contributed by atoms with E-state index in [2.05, 4.69) is 73.2 Å². The van der Waals surface area contributed by atoms with Gasteiger partial charge in [0, 0.05) is 77.6 Å². The molecule has 0 radical (unpaired) electrons. The number of benzene rings is 5. The molecule has 12 nitrogen and oxygen atoms in total. The van der Waals surface area contributed by atoms with E-state index < -0.39 is 14.9 Å². The number of thioether (sulfide) groups is 1. The third-order valence-corrected chi connectivity index (χ3v) is 13.0. The Bertz CT molecular complexity index is 2490. The maximum Gasteiger partial charge on any atom is 0.293 e. The Kier molecular flexibility index (Phi) is 13.6. The zero-order chi connectivity index (χ0) is 41.4. The molecule has 1 atom stereocenters. The van der Waals surface area contributed by atoms with Crippen molar-refractivity contribution in [3.63, 3.8) is 0 Å². The number of fused-ring (bicyclic) bond motifs is 1. The summed E-state index contributed by atoms with van der Waals surface area (Å²) in [6.07, 6.45) is 2.02. The second-order valence-corrected chi connectivity index (χ2v) is 18.0. The van der Waals surface area contributed by atoms with E-state index in [0.29, 0.717) is 40.7 Å². The molecule has 15 heteroatoms. The Morgan fingerprint density at radius 3 is 2.36 bits per heavy atom. The molecule has 0 spiro atoms. The van der Waals surface area contributed by atoms with E-state index in [1.165, 1.54) is 29.6 Å². The van der Waals surface area contributed by atoms with Crippen LogP contribution in [-0.4, -0.2) is 78.8 Å². The summed E-state index contributed by atoms with van der Waals surface area (Å²) in [6.45, 7) is 8.89. The van der Waals surface area contributed by atoms with Gasteiger partial charge in [-0.2, -0.15) is 0 Å². The maximum absolute atomic E-state index is 13.8. The molecule has 6 aromatic rings. The van der Waals surface area contributed by atoms with E-state index in [-0.39, 0.29) is 28.1 Å². The minimum atomic E-state index is -4.27. The Labute approximate surface area is 354 Å². The second-order valence-electron chi connectivity index (χ2n) is 14.8. The third kappa shape index (κ3) is 10.9. The Balaban J connectivity index is 1.03. The molecule has 7 rings (SSSR count). The van der Waals surface area contributed by atoms with Gasteiger partial charge in [0.25, 0.3) is 15.7 Å². The molecule has 0 bridgehead atoms. The van der Waals surface area contributed by atoms with Crippen LogP contribution in [0.3, 0.4) is 0 Å². The fraction of sp³-hybridized carbons (Fsp3) is 0.273. The van der Waals surface area contributed by atoms with Gasteiger partial charge in [0.2, 0.25) is 0 Å². The molecular formula is C44H47ClN8O4S2. The number of hydrogen-bond acceptors (Lipinski definition) is 11. The number of nitrogens with one attached hydrogen (secondary N) is 3. The molecule has 1 aliphatic rings. The van der Waals surface area contributed by atoms with E-state index >= 15 is 0 Å². The van der Waals surface area contributed by atoms with Crippen LogP contribution in [0.25, 0.3) is 22.0 Å². The number of anilines is 3. The smallest absolute Gasteiger partial charge is 0.293 e. The van der Waals surface area contributed by atoms with Crippen molar-refractivity contribution in [3.05, 3.63) is 142 Å². The second kappa shape index (κ2) is 19.2. The zero-order valence-corrected chi connectivity index (χ0v) is 35.3. The van der Waals surface area contributed by atoms with Gasteiger partial charge in [-0.25, -0.2) is 18.4 Å². The van der Waals surface area contributed by atoms with Crippen LogP contribution in [0, 0.1) is 10.1 Å². The van der Waals surface area contributed by atoms with Crippen molar-refractivity contribution in [1.29, 1.82) is 0 Å². The Hall–Kier alpha value is -5.25. The summed E-state index contributed by atoms with van der Waals surface area (Å²) < 4.78 is 30.1. The summed E-state index contributed by atoms with van der Waals surface area (Å²) in [5.74, 6) is 0.740. The van der Waals surface area contributed by atoms with Crippen molar-refractivity contribution < 1.29 is 13.3 Å². The molecule has 1 fully saturated rings. The van der Waals surface area contributed by atoms with Crippen LogP contribution in [0.1, 0.15) is 25.8 Å². The fourth-order valence-electron chi connectivity index (χ4n) is 7.14. The molecule has 1 saturated heterocycles. The lowest BCUT2D eigenvalue weighted by Gasteiger charge is -2.36. The highest BCUT2D eigenvalue weighted by atomic mass is 35.5. The first-order valence-electron chi connectivity index (χ1n) is 19.6. The monoisotopic (exact) mass is 850 g/mol.